The Morgan fingerprint density at radius 3 is 2.48 bits per heavy atom. The lowest BCUT2D eigenvalue weighted by atomic mass is 9.97. The Hall–Kier alpha value is -1.76. The number of aromatic amines is 1. The average Bonchev–Trinajstić information content (AvgIpc) is 2.47. The van der Waals surface area contributed by atoms with E-state index >= 15 is 0 Å². The Morgan fingerprint density at radius 2 is 1.90 bits per heavy atom. The molecule has 1 fully saturated rings. The Balaban J connectivity index is 2.04. The van der Waals surface area contributed by atoms with Crippen molar-refractivity contribution in [3.63, 3.8) is 0 Å². The van der Waals surface area contributed by atoms with Gasteiger partial charge in [0.05, 0.1) is 0 Å². The van der Waals surface area contributed by atoms with E-state index in [1.54, 1.807) is 0 Å². The Kier molecular flexibility index (Phi) is 5.06. The maximum Gasteiger partial charge on any atom is 0.330 e. The van der Waals surface area contributed by atoms with Crippen LogP contribution in [-0.2, 0) is 6.54 Å². The fourth-order valence-electron chi connectivity index (χ4n) is 2.83. The molecular formula is C14H25N5O2. The SMILES string of the molecule is CCN1CCC(CNc2c(N)n(CC)c(=O)[nH]c2=O)CC1. The molecule has 0 aliphatic carbocycles. The molecule has 1 aromatic heterocycles. The van der Waals surface area contributed by atoms with Crippen LogP contribution in [0.2, 0.25) is 0 Å². The Morgan fingerprint density at radius 1 is 1.24 bits per heavy atom. The van der Waals surface area contributed by atoms with E-state index in [2.05, 4.69) is 22.1 Å². The van der Waals surface area contributed by atoms with Crippen LogP contribution in [-0.4, -0.2) is 40.6 Å². The molecular weight excluding hydrogens is 270 g/mol. The summed E-state index contributed by atoms with van der Waals surface area (Å²) in [6, 6.07) is 0. The van der Waals surface area contributed by atoms with Gasteiger partial charge < -0.3 is 16.0 Å². The molecule has 118 valence electrons. The highest BCUT2D eigenvalue weighted by Crippen LogP contribution is 2.18. The molecule has 2 heterocycles. The zero-order chi connectivity index (χ0) is 15.4. The molecule has 1 aliphatic rings. The summed E-state index contributed by atoms with van der Waals surface area (Å²) >= 11 is 0. The second-order valence-corrected chi connectivity index (χ2v) is 5.52. The number of nitrogens with zero attached hydrogens (tertiary/aromatic N) is 2. The van der Waals surface area contributed by atoms with Gasteiger partial charge in [0.15, 0.2) is 0 Å². The molecule has 0 spiro atoms. The van der Waals surface area contributed by atoms with Crippen molar-refractivity contribution in [2.75, 3.05) is 37.2 Å². The number of likely N-dealkylation sites (tertiary alicyclic amines) is 1. The number of hydrogen-bond donors (Lipinski definition) is 3. The molecule has 1 aliphatic heterocycles. The quantitative estimate of drug-likeness (QED) is 0.725. The first-order valence-corrected chi connectivity index (χ1v) is 7.65. The number of anilines is 2. The van der Waals surface area contributed by atoms with E-state index in [0.717, 1.165) is 32.5 Å². The predicted molar refractivity (Wildman–Crippen MR) is 84.7 cm³/mol. The Labute approximate surface area is 124 Å². The van der Waals surface area contributed by atoms with Gasteiger partial charge in [0.1, 0.15) is 11.5 Å². The predicted octanol–water partition coefficient (Wildman–Crippen LogP) is 0.283. The highest BCUT2D eigenvalue weighted by molar-refractivity contribution is 5.60. The smallest absolute Gasteiger partial charge is 0.330 e. The molecule has 0 aromatic carbocycles. The fraction of sp³-hybridized carbons (Fsp3) is 0.714. The first-order chi connectivity index (χ1) is 10.1. The van der Waals surface area contributed by atoms with E-state index in [1.165, 1.54) is 4.57 Å². The molecule has 7 nitrogen and oxygen atoms in total. The molecule has 0 bridgehead atoms. The highest BCUT2D eigenvalue weighted by atomic mass is 16.2. The van der Waals surface area contributed by atoms with Gasteiger partial charge in [0.2, 0.25) is 0 Å². The van der Waals surface area contributed by atoms with Crippen LogP contribution in [0.3, 0.4) is 0 Å². The van der Waals surface area contributed by atoms with Gasteiger partial charge in [0.25, 0.3) is 5.56 Å². The van der Waals surface area contributed by atoms with Crippen molar-refractivity contribution in [2.45, 2.75) is 33.2 Å². The van der Waals surface area contributed by atoms with Crippen LogP contribution in [0, 0.1) is 5.92 Å². The van der Waals surface area contributed by atoms with Crippen molar-refractivity contribution in [2.24, 2.45) is 5.92 Å². The van der Waals surface area contributed by atoms with Gasteiger partial charge in [-0.3, -0.25) is 14.3 Å². The van der Waals surface area contributed by atoms with Gasteiger partial charge >= 0.3 is 5.69 Å². The van der Waals surface area contributed by atoms with Crippen molar-refractivity contribution in [1.29, 1.82) is 0 Å². The van der Waals surface area contributed by atoms with E-state index in [9.17, 15) is 9.59 Å². The summed E-state index contributed by atoms with van der Waals surface area (Å²) in [6.45, 7) is 8.44. The average molecular weight is 295 g/mol. The third-order valence-corrected chi connectivity index (χ3v) is 4.28. The second kappa shape index (κ2) is 6.80. The largest absolute Gasteiger partial charge is 0.383 e. The number of nitrogen functional groups attached to an aromatic ring is 1. The molecule has 0 radical (unpaired) electrons. The lowest BCUT2D eigenvalue weighted by Crippen LogP contribution is -2.37. The topological polar surface area (TPSA) is 96.2 Å². The number of nitrogens with one attached hydrogen (secondary N) is 2. The third-order valence-electron chi connectivity index (χ3n) is 4.28. The van der Waals surface area contributed by atoms with E-state index < -0.39 is 11.2 Å². The van der Waals surface area contributed by atoms with Crippen LogP contribution < -0.4 is 22.3 Å². The fourth-order valence-corrected chi connectivity index (χ4v) is 2.83. The van der Waals surface area contributed by atoms with Crippen LogP contribution in [0.5, 0.6) is 0 Å². The van der Waals surface area contributed by atoms with E-state index in [-0.39, 0.29) is 5.82 Å². The summed E-state index contributed by atoms with van der Waals surface area (Å²) in [5.74, 6) is 0.755. The first-order valence-electron chi connectivity index (χ1n) is 7.65. The summed E-state index contributed by atoms with van der Waals surface area (Å²) in [5, 5.41) is 3.14. The van der Waals surface area contributed by atoms with E-state index in [4.69, 9.17) is 5.73 Å². The third kappa shape index (κ3) is 3.47. The lowest BCUT2D eigenvalue weighted by molar-refractivity contribution is 0.198. The van der Waals surface area contributed by atoms with Crippen LogP contribution in [0.15, 0.2) is 9.59 Å². The highest BCUT2D eigenvalue weighted by Gasteiger charge is 2.19. The van der Waals surface area contributed by atoms with Crippen molar-refractivity contribution in [3.05, 3.63) is 20.8 Å². The number of piperidine rings is 1. The van der Waals surface area contributed by atoms with Crippen LogP contribution in [0.25, 0.3) is 0 Å². The minimum absolute atomic E-state index is 0.220. The molecule has 21 heavy (non-hydrogen) atoms. The number of rotatable bonds is 5. The normalized spacial score (nSPS) is 17.0. The van der Waals surface area contributed by atoms with E-state index in [0.29, 0.717) is 24.7 Å². The minimum atomic E-state index is -0.457. The minimum Gasteiger partial charge on any atom is -0.383 e. The van der Waals surface area contributed by atoms with Gasteiger partial charge in [-0.05, 0) is 45.3 Å². The molecule has 1 aromatic rings. The summed E-state index contributed by atoms with van der Waals surface area (Å²) < 4.78 is 1.36. The van der Waals surface area contributed by atoms with Crippen molar-refractivity contribution < 1.29 is 0 Å². The van der Waals surface area contributed by atoms with Crippen molar-refractivity contribution in [1.82, 2.24) is 14.5 Å². The second-order valence-electron chi connectivity index (χ2n) is 5.52. The standard InChI is InChI=1S/C14H25N5O2/c1-3-18-7-5-10(6-8-18)9-16-11-12(15)19(4-2)14(21)17-13(11)20/h10,16H,3-9,15H2,1-2H3,(H,17,20,21). The maximum absolute atomic E-state index is 11.9. The monoisotopic (exact) mass is 295 g/mol. The van der Waals surface area contributed by atoms with Gasteiger partial charge in [0, 0.05) is 13.1 Å². The lowest BCUT2D eigenvalue weighted by Gasteiger charge is -2.31. The summed E-state index contributed by atoms with van der Waals surface area (Å²) in [7, 11) is 0. The van der Waals surface area contributed by atoms with Gasteiger partial charge in [-0.25, -0.2) is 4.79 Å². The van der Waals surface area contributed by atoms with Crippen molar-refractivity contribution >= 4 is 11.5 Å². The molecule has 0 amide bonds. The number of nitrogens with two attached hydrogens (primary N) is 1. The first kappa shape index (κ1) is 15.6. The Bertz CT molecular complexity index is 584. The zero-order valence-electron chi connectivity index (χ0n) is 12.8. The zero-order valence-corrected chi connectivity index (χ0v) is 12.8. The number of hydrogen-bond acceptors (Lipinski definition) is 5. The van der Waals surface area contributed by atoms with Gasteiger partial charge in [-0.2, -0.15) is 0 Å². The van der Waals surface area contributed by atoms with Crippen LogP contribution in [0.1, 0.15) is 26.7 Å². The van der Waals surface area contributed by atoms with Gasteiger partial charge in [-0.1, -0.05) is 6.92 Å². The van der Waals surface area contributed by atoms with Gasteiger partial charge in [-0.15, -0.1) is 0 Å². The van der Waals surface area contributed by atoms with Crippen LogP contribution >= 0.6 is 0 Å². The van der Waals surface area contributed by atoms with Crippen LogP contribution in [0.4, 0.5) is 11.5 Å². The molecule has 7 heteroatoms. The molecule has 0 saturated carbocycles. The molecule has 4 N–H and O–H groups in total. The number of H-pyrrole nitrogens is 1. The van der Waals surface area contributed by atoms with E-state index in [1.807, 2.05) is 6.92 Å². The molecule has 0 atom stereocenters. The molecule has 1 saturated heterocycles. The molecule has 0 unspecified atom stereocenters. The summed E-state index contributed by atoms with van der Waals surface area (Å²) in [6.07, 6.45) is 2.23. The molecule has 2 rings (SSSR count). The summed E-state index contributed by atoms with van der Waals surface area (Å²) in [4.78, 5) is 28.2. The summed E-state index contributed by atoms with van der Waals surface area (Å²) in [5.41, 5.74) is 5.35. The number of aromatic nitrogens is 2. The maximum atomic E-state index is 11.9. The van der Waals surface area contributed by atoms with Crippen molar-refractivity contribution in [3.8, 4) is 0 Å².